The Balaban J connectivity index is 1.56. The van der Waals surface area contributed by atoms with E-state index >= 15 is 0 Å². The zero-order chi connectivity index (χ0) is 25.4. The molecular formula is C25H24N4O6. The average molecular weight is 476 g/mol. The van der Waals surface area contributed by atoms with Crippen molar-refractivity contribution in [1.29, 1.82) is 0 Å². The summed E-state index contributed by atoms with van der Waals surface area (Å²) in [5, 5.41) is 17.4. The molecule has 0 atom stereocenters. The molecule has 3 aromatic rings. The van der Waals surface area contributed by atoms with Gasteiger partial charge in [0, 0.05) is 23.4 Å². The van der Waals surface area contributed by atoms with Gasteiger partial charge in [-0.3, -0.25) is 19.7 Å². The van der Waals surface area contributed by atoms with Gasteiger partial charge in [0.2, 0.25) is 0 Å². The molecule has 0 aliphatic carbocycles. The molecule has 0 unspecified atom stereocenters. The minimum absolute atomic E-state index is 0.109. The van der Waals surface area contributed by atoms with Crippen molar-refractivity contribution < 1.29 is 24.0 Å². The summed E-state index contributed by atoms with van der Waals surface area (Å²) in [6.07, 6.45) is 1.40. The fraction of sp³-hybridized carbons (Fsp3) is 0.160. The van der Waals surface area contributed by atoms with Crippen LogP contribution in [0.3, 0.4) is 0 Å². The number of nitro benzene ring substituents is 1. The molecule has 0 bridgehead atoms. The lowest BCUT2D eigenvalue weighted by molar-refractivity contribution is -0.384. The second-order valence-electron chi connectivity index (χ2n) is 7.55. The third-order valence-corrected chi connectivity index (χ3v) is 5.06. The van der Waals surface area contributed by atoms with Gasteiger partial charge in [0.15, 0.2) is 18.1 Å². The van der Waals surface area contributed by atoms with E-state index in [4.69, 9.17) is 9.47 Å². The molecule has 10 heteroatoms. The molecule has 0 aliphatic rings. The van der Waals surface area contributed by atoms with Crippen LogP contribution >= 0.6 is 0 Å². The predicted molar refractivity (Wildman–Crippen MR) is 131 cm³/mol. The largest absolute Gasteiger partial charge is 0.493 e. The SMILES string of the molecule is COc1cc(/C=N\NC(=O)c2ccc([N+](=O)[O-])cc2)ccc1OCC(=O)Nc1ccc(C)c(C)c1. The van der Waals surface area contributed by atoms with Gasteiger partial charge < -0.3 is 14.8 Å². The van der Waals surface area contributed by atoms with Crippen molar-refractivity contribution in [2.45, 2.75) is 13.8 Å². The highest BCUT2D eigenvalue weighted by molar-refractivity contribution is 5.95. The number of aryl methyl sites for hydroxylation is 2. The number of ether oxygens (including phenoxy) is 2. The van der Waals surface area contributed by atoms with E-state index in [2.05, 4.69) is 15.8 Å². The lowest BCUT2D eigenvalue weighted by Gasteiger charge is -2.12. The second kappa shape index (κ2) is 11.4. The average Bonchev–Trinajstić information content (AvgIpc) is 2.85. The molecule has 0 saturated carbocycles. The standard InChI is InChI=1S/C25H24N4O6/c1-16-4-8-20(12-17(16)2)27-24(30)15-35-22-11-5-18(13-23(22)34-3)14-26-28-25(31)19-6-9-21(10-7-19)29(32)33/h4-14H,15H2,1-3H3,(H,27,30)(H,28,31)/b26-14-. The van der Waals surface area contributed by atoms with Gasteiger partial charge in [0.25, 0.3) is 17.5 Å². The van der Waals surface area contributed by atoms with E-state index in [1.165, 1.54) is 37.6 Å². The van der Waals surface area contributed by atoms with E-state index in [-0.39, 0.29) is 23.8 Å². The van der Waals surface area contributed by atoms with Crippen LogP contribution in [0.15, 0.2) is 65.8 Å². The maximum absolute atomic E-state index is 12.3. The number of nitrogens with zero attached hydrogens (tertiary/aromatic N) is 2. The summed E-state index contributed by atoms with van der Waals surface area (Å²) >= 11 is 0. The van der Waals surface area contributed by atoms with Crippen molar-refractivity contribution >= 4 is 29.4 Å². The first-order chi connectivity index (χ1) is 16.8. The molecule has 3 aromatic carbocycles. The van der Waals surface area contributed by atoms with Gasteiger partial charge in [0.1, 0.15) is 0 Å². The van der Waals surface area contributed by atoms with E-state index in [1.807, 2.05) is 32.0 Å². The molecule has 0 fully saturated rings. The number of anilines is 1. The molecule has 0 radical (unpaired) electrons. The molecular weight excluding hydrogens is 452 g/mol. The molecule has 0 aromatic heterocycles. The first-order valence-electron chi connectivity index (χ1n) is 10.5. The summed E-state index contributed by atoms with van der Waals surface area (Å²) in [5.41, 5.74) is 5.99. The highest BCUT2D eigenvalue weighted by atomic mass is 16.6. The van der Waals surface area contributed by atoms with Crippen LogP contribution in [0.25, 0.3) is 0 Å². The molecule has 0 saturated heterocycles. The fourth-order valence-corrected chi connectivity index (χ4v) is 3.01. The summed E-state index contributed by atoms with van der Waals surface area (Å²) in [6.45, 7) is 3.76. The van der Waals surface area contributed by atoms with Crippen molar-refractivity contribution in [3.8, 4) is 11.5 Å². The Bertz CT molecular complexity index is 1270. The quantitative estimate of drug-likeness (QED) is 0.273. The summed E-state index contributed by atoms with van der Waals surface area (Å²) in [6, 6.07) is 15.8. The molecule has 180 valence electrons. The fourth-order valence-electron chi connectivity index (χ4n) is 3.01. The second-order valence-corrected chi connectivity index (χ2v) is 7.55. The first-order valence-corrected chi connectivity index (χ1v) is 10.5. The zero-order valence-corrected chi connectivity index (χ0v) is 19.4. The van der Waals surface area contributed by atoms with E-state index in [9.17, 15) is 19.7 Å². The van der Waals surface area contributed by atoms with Gasteiger partial charge >= 0.3 is 0 Å². The lowest BCUT2D eigenvalue weighted by atomic mass is 10.1. The first kappa shape index (κ1) is 24.9. The minimum atomic E-state index is -0.544. The number of methoxy groups -OCH3 is 1. The molecule has 0 spiro atoms. The number of carbonyl (C=O) groups is 2. The number of non-ortho nitro benzene ring substituents is 1. The number of amides is 2. The number of nitrogens with one attached hydrogen (secondary N) is 2. The van der Waals surface area contributed by atoms with Gasteiger partial charge in [-0.2, -0.15) is 5.10 Å². The van der Waals surface area contributed by atoms with Gasteiger partial charge in [-0.15, -0.1) is 0 Å². The van der Waals surface area contributed by atoms with Crippen molar-refractivity contribution in [1.82, 2.24) is 5.43 Å². The number of carbonyl (C=O) groups excluding carboxylic acids is 2. The lowest BCUT2D eigenvalue weighted by Crippen LogP contribution is -2.20. The molecule has 10 nitrogen and oxygen atoms in total. The summed E-state index contributed by atoms with van der Waals surface area (Å²) in [4.78, 5) is 34.5. The van der Waals surface area contributed by atoms with Crippen LogP contribution in [0, 0.1) is 24.0 Å². The van der Waals surface area contributed by atoms with Crippen molar-refractivity contribution in [2.75, 3.05) is 19.0 Å². The van der Waals surface area contributed by atoms with Gasteiger partial charge in [-0.1, -0.05) is 6.07 Å². The highest BCUT2D eigenvalue weighted by Gasteiger charge is 2.10. The molecule has 0 heterocycles. The van der Waals surface area contributed by atoms with E-state index < -0.39 is 10.8 Å². The smallest absolute Gasteiger partial charge is 0.271 e. The molecule has 0 aliphatic heterocycles. The number of nitro groups is 1. The Morgan fingerprint density at radius 1 is 1.00 bits per heavy atom. The predicted octanol–water partition coefficient (Wildman–Crippen LogP) is 4.00. The normalized spacial score (nSPS) is 10.6. The van der Waals surface area contributed by atoms with Crippen molar-refractivity contribution in [3.05, 3.63) is 93.0 Å². The number of benzene rings is 3. The summed E-state index contributed by atoms with van der Waals surface area (Å²) < 4.78 is 10.9. The van der Waals surface area contributed by atoms with Crippen LogP contribution in [0.2, 0.25) is 0 Å². The van der Waals surface area contributed by atoms with Crippen molar-refractivity contribution in [3.63, 3.8) is 0 Å². The van der Waals surface area contributed by atoms with Crippen LogP contribution in [0.1, 0.15) is 27.0 Å². The zero-order valence-electron chi connectivity index (χ0n) is 19.4. The third kappa shape index (κ3) is 6.87. The topological polar surface area (TPSA) is 132 Å². The van der Waals surface area contributed by atoms with Crippen molar-refractivity contribution in [2.24, 2.45) is 5.10 Å². The van der Waals surface area contributed by atoms with Gasteiger partial charge in [0.05, 0.1) is 18.2 Å². The number of rotatable bonds is 9. The van der Waals surface area contributed by atoms with Crippen LogP contribution in [0.4, 0.5) is 11.4 Å². The Hall–Kier alpha value is -4.73. The summed E-state index contributed by atoms with van der Waals surface area (Å²) in [7, 11) is 1.47. The molecule has 35 heavy (non-hydrogen) atoms. The Morgan fingerprint density at radius 3 is 2.40 bits per heavy atom. The number of hydrazone groups is 1. The van der Waals surface area contributed by atoms with E-state index in [0.717, 1.165) is 11.1 Å². The Morgan fingerprint density at radius 2 is 1.74 bits per heavy atom. The highest BCUT2D eigenvalue weighted by Crippen LogP contribution is 2.27. The van der Waals surface area contributed by atoms with Crippen LogP contribution in [0.5, 0.6) is 11.5 Å². The maximum atomic E-state index is 12.3. The Kier molecular flexibility index (Phi) is 8.12. The summed E-state index contributed by atoms with van der Waals surface area (Å²) in [5.74, 6) is -0.0721. The minimum Gasteiger partial charge on any atom is -0.493 e. The van der Waals surface area contributed by atoms with Gasteiger partial charge in [-0.25, -0.2) is 5.43 Å². The Labute approximate surface area is 201 Å². The number of hydrogen-bond acceptors (Lipinski definition) is 7. The van der Waals surface area contributed by atoms with E-state index in [1.54, 1.807) is 18.2 Å². The van der Waals surface area contributed by atoms with Crippen LogP contribution in [-0.4, -0.2) is 36.7 Å². The molecule has 2 amide bonds. The molecule has 3 rings (SSSR count). The van der Waals surface area contributed by atoms with Crippen LogP contribution in [-0.2, 0) is 4.79 Å². The maximum Gasteiger partial charge on any atom is 0.271 e. The monoisotopic (exact) mass is 476 g/mol. The van der Waals surface area contributed by atoms with Gasteiger partial charge in [-0.05, 0) is 73.0 Å². The van der Waals surface area contributed by atoms with Crippen LogP contribution < -0.4 is 20.2 Å². The van der Waals surface area contributed by atoms with E-state index in [0.29, 0.717) is 22.7 Å². The third-order valence-electron chi connectivity index (χ3n) is 5.06. The number of hydrogen-bond donors (Lipinski definition) is 2. The molecule has 2 N–H and O–H groups in total.